The first-order chi connectivity index (χ1) is 11.9. The Kier molecular flexibility index (Phi) is 4.76. The monoisotopic (exact) mass is 355 g/mol. The Labute approximate surface area is 146 Å². The van der Waals surface area contributed by atoms with Gasteiger partial charge in [-0.3, -0.25) is 4.98 Å². The van der Waals surface area contributed by atoms with Crippen LogP contribution >= 0.6 is 0 Å². The molecule has 0 atom stereocenters. The molecule has 0 bridgehead atoms. The minimum atomic E-state index is -3.36. The van der Waals surface area contributed by atoms with Crippen molar-refractivity contribution in [3.63, 3.8) is 0 Å². The lowest BCUT2D eigenvalue weighted by atomic mass is 10.3. The Morgan fingerprint density at radius 2 is 1.80 bits per heavy atom. The van der Waals surface area contributed by atoms with Crippen LogP contribution in [-0.4, -0.2) is 29.6 Å². The summed E-state index contributed by atoms with van der Waals surface area (Å²) in [6, 6.07) is 13.9. The Morgan fingerprint density at radius 3 is 2.52 bits per heavy atom. The zero-order chi connectivity index (χ0) is 17.9. The molecule has 6 nitrogen and oxygen atoms in total. The second kappa shape index (κ2) is 6.98. The van der Waals surface area contributed by atoms with Gasteiger partial charge >= 0.3 is 0 Å². The predicted molar refractivity (Wildman–Crippen MR) is 93.9 cm³/mol. The van der Waals surface area contributed by atoms with Gasteiger partial charge in [-0.15, -0.1) is 0 Å². The molecule has 1 aromatic carbocycles. The normalized spacial score (nSPS) is 11.3. The molecule has 2 aromatic heterocycles. The molecule has 0 aliphatic rings. The van der Waals surface area contributed by atoms with Gasteiger partial charge in [0.2, 0.25) is 0 Å². The minimum absolute atomic E-state index is 0.135. The van der Waals surface area contributed by atoms with Crippen molar-refractivity contribution in [1.82, 2.24) is 15.0 Å². The van der Waals surface area contributed by atoms with Crippen LogP contribution < -0.4 is 4.74 Å². The number of aryl methyl sites for hydroxylation is 1. The summed E-state index contributed by atoms with van der Waals surface area (Å²) in [6.45, 7) is 2.00. The molecule has 0 saturated heterocycles. The zero-order valence-electron chi connectivity index (χ0n) is 13.9. The van der Waals surface area contributed by atoms with Crippen LogP contribution in [0.1, 0.15) is 11.4 Å². The second-order valence-corrected chi connectivity index (χ2v) is 7.53. The fourth-order valence-corrected chi connectivity index (χ4v) is 3.16. The van der Waals surface area contributed by atoms with E-state index in [-0.39, 0.29) is 11.5 Å². The van der Waals surface area contributed by atoms with Crippen LogP contribution in [0.15, 0.2) is 59.6 Å². The average Bonchev–Trinajstić information content (AvgIpc) is 2.60. The molecule has 3 aromatic rings. The SMILES string of the molecule is Cc1cc(COc2ccccc2S(C)(=O)=O)nc(-c2ccccn2)n1. The first-order valence-corrected chi connectivity index (χ1v) is 9.50. The maximum Gasteiger partial charge on any atom is 0.179 e. The topological polar surface area (TPSA) is 82.0 Å². The number of benzene rings is 1. The number of nitrogens with zero attached hydrogens (tertiary/aromatic N) is 3. The lowest BCUT2D eigenvalue weighted by molar-refractivity contribution is 0.293. The second-order valence-electron chi connectivity index (χ2n) is 5.55. The molecule has 0 aliphatic heterocycles. The van der Waals surface area contributed by atoms with Gasteiger partial charge in [0, 0.05) is 18.1 Å². The van der Waals surface area contributed by atoms with E-state index in [1.165, 1.54) is 6.07 Å². The Hall–Kier alpha value is -2.80. The molecule has 0 aliphatic carbocycles. The summed E-state index contributed by atoms with van der Waals surface area (Å²) in [5.74, 6) is 0.816. The van der Waals surface area contributed by atoms with Crippen molar-refractivity contribution < 1.29 is 13.2 Å². The van der Waals surface area contributed by atoms with Gasteiger partial charge in [-0.2, -0.15) is 0 Å². The van der Waals surface area contributed by atoms with Crippen molar-refractivity contribution in [1.29, 1.82) is 0 Å². The Morgan fingerprint density at radius 1 is 1.04 bits per heavy atom. The van der Waals surface area contributed by atoms with Crippen LogP contribution in [0.5, 0.6) is 5.75 Å². The summed E-state index contributed by atoms with van der Waals surface area (Å²) in [5, 5.41) is 0. The van der Waals surface area contributed by atoms with E-state index in [4.69, 9.17) is 4.74 Å². The summed E-state index contributed by atoms with van der Waals surface area (Å²) in [5.41, 5.74) is 2.10. The third-order valence-electron chi connectivity index (χ3n) is 3.43. The predicted octanol–water partition coefficient (Wildman–Crippen LogP) is 2.83. The van der Waals surface area contributed by atoms with E-state index in [1.54, 1.807) is 30.5 Å². The van der Waals surface area contributed by atoms with Crippen molar-refractivity contribution in [2.24, 2.45) is 0 Å². The number of sulfone groups is 1. The average molecular weight is 355 g/mol. The number of hydrogen-bond acceptors (Lipinski definition) is 6. The fraction of sp³-hybridized carbons (Fsp3) is 0.167. The highest BCUT2D eigenvalue weighted by Crippen LogP contribution is 2.24. The Balaban J connectivity index is 1.87. The van der Waals surface area contributed by atoms with Gasteiger partial charge in [-0.1, -0.05) is 18.2 Å². The van der Waals surface area contributed by atoms with E-state index in [9.17, 15) is 8.42 Å². The van der Waals surface area contributed by atoms with Crippen molar-refractivity contribution >= 4 is 9.84 Å². The van der Waals surface area contributed by atoms with E-state index in [2.05, 4.69) is 15.0 Å². The van der Waals surface area contributed by atoms with Crippen molar-refractivity contribution in [3.05, 3.63) is 66.1 Å². The van der Waals surface area contributed by atoms with Crippen LogP contribution in [0, 0.1) is 6.92 Å². The molecule has 0 spiro atoms. The third kappa shape index (κ3) is 4.19. The number of ether oxygens (including phenoxy) is 1. The first-order valence-electron chi connectivity index (χ1n) is 7.61. The molecule has 0 amide bonds. The highest BCUT2D eigenvalue weighted by Gasteiger charge is 2.14. The van der Waals surface area contributed by atoms with Gasteiger partial charge in [0.25, 0.3) is 0 Å². The molecule has 0 radical (unpaired) electrons. The molecular weight excluding hydrogens is 338 g/mol. The Bertz CT molecular complexity index is 989. The molecule has 128 valence electrons. The van der Waals surface area contributed by atoms with Crippen LogP contribution in [0.2, 0.25) is 0 Å². The van der Waals surface area contributed by atoms with E-state index >= 15 is 0 Å². The van der Waals surface area contributed by atoms with Crippen LogP contribution in [0.3, 0.4) is 0 Å². The van der Waals surface area contributed by atoms with Gasteiger partial charge in [-0.05, 0) is 37.3 Å². The van der Waals surface area contributed by atoms with E-state index in [0.29, 0.717) is 23.0 Å². The number of para-hydroxylation sites is 1. The summed E-state index contributed by atoms with van der Waals surface area (Å²) in [6.07, 6.45) is 2.84. The minimum Gasteiger partial charge on any atom is -0.486 e. The summed E-state index contributed by atoms with van der Waals surface area (Å²) in [7, 11) is -3.36. The molecule has 0 fully saturated rings. The lowest BCUT2D eigenvalue weighted by Gasteiger charge is -2.11. The molecule has 2 heterocycles. The van der Waals surface area contributed by atoms with E-state index in [0.717, 1.165) is 11.9 Å². The molecule has 0 unspecified atom stereocenters. The molecule has 25 heavy (non-hydrogen) atoms. The molecule has 0 N–H and O–H groups in total. The van der Waals surface area contributed by atoms with E-state index < -0.39 is 9.84 Å². The van der Waals surface area contributed by atoms with E-state index in [1.807, 2.05) is 25.1 Å². The van der Waals surface area contributed by atoms with Crippen molar-refractivity contribution in [3.8, 4) is 17.3 Å². The van der Waals surface area contributed by atoms with Crippen LogP contribution in [0.25, 0.3) is 11.5 Å². The quantitative estimate of drug-likeness (QED) is 0.700. The molecule has 0 saturated carbocycles. The lowest BCUT2D eigenvalue weighted by Crippen LogP contribution is -2.06. The van der Waals surface area contributed by atoms with Crippen LogP contribution in [0.4, 0.5) is 0 Å². The molecule has 3 rings (SSSR count). The third-order valence-corrected chi connectivity index (χ3v) is 4.56. The highest BCUT2D eigenvalue weighted by molar-refractivity contribution is 7.90. The van der Waals surface area contributed by atoms with Crippen molar-refractivity contribution in [2.75, 3.05) is 6.26 Å². The van der Waals surface area contributed by atoms with Crippen molar-refractivity contribution in [2.45, 2.75) is 18.4 Å². The number of rotatable bonds is 5. The van der Waals surface area contributed by atoms with Gasteiger partial charge < -0.3 is 4.74 Å². The molecule has 7 heteroatoms. The maximum atomic E-state index is 11.8. The maximum absolute atomic E-state index is 11.8. The smallest absolute Gasteiger partial charge is 0.179 e. The summed E-state index contributed by atoms with van der Waals surface area (Å²) >= 11 is 0. The van der Waals surface area contributed by atoms with Gasteiger partial charge in [0.05, 0.1) is 5.69 Å². The standard InChI is InChI=1S/C18H17N3O3S/c1-13-11-14(21-18(20-13)15-7-5-6-10-19-15)12-24-16-8-3-4-9-17(16)25(2,22)23/h3-11H,12H2,1-2H3. The summed E-state index contributed by atoms with van der Waals surface area (Å²) in [4.78, 5) is 13.3. The fourth-order valence-electron chi connectivity index (χ4n) is 2.34. The summed E-state index contributed by atoms with van der Waals surface area (Å²) < 4.78 is 29.4. The van der Waals surface area contributed by atoms with Crippen LogP contribution in [-0.2, 0) is 16.4 Å². The number of aromatic nitrogens is 3. The zero-order valence-corrected chi connectivity index (χ0v) is 14.7. The largest absolute Gasteiger partial charge is 0.486 e. The first kappa shape index (κ1) is 17.0. The van der Waals surface area contributed by atoms with Gasteiger partial charge in [-0.25, -0.2) is 18.4 Å². The van der Waals surface area contributed by atoms with Gasteiger partial charge in [0.15, 0.2) is 15.7 Å². The van der Waals surface area contributed by atoms with Gasteiger partial charge in [0.1, 0.15) is 22.9 Å². The number of pyridine rings is 1. The number of hydrogen-bond donors (Lipinski definition) is 0. The molecular formula is C18H17N3O3S. The highest BCUT2D eigenvalue weighted by atomic mass is 32.2.